The van der Waals surface area contributed by atoms with Crippen LogP contribution in [-0.2, 0) is 14.3 Å². The van der Waals surface area contributed by atoms with Crippen LogP contribution in [0, 0.1) is 0 Å². The van der Waals surface area contributed by atoms with E-state index in [1.807, 2.05) is 0 Å². The Morgan fingerprint density at radius 2 is 1.33 bits per heavy atom. The summed E-state index contributed by atoms with van der Waals surface area (Å²) in [6, 6.07) is 0. The van der Waals surface area contributed by atoms with Crippen molar-refractivity contribution in [3.05, 3.63) is 0 Å². The molecule has 0 unspecified atom stereocenters. The molecule has 30 heavy (non-hydrogen) atoms. The molecule has 0 aromatic heterocycles. The molecule has 0 bridgehead atoms. The molecular formula is C23H47N3NaO3. The van der Waals surface area contributed by atoms with E-state index in [-0.39, 0.29) is 54.3 Å². The first-order valence-corrected chi connectivity index (χ1v) is 12.0. The van der Waals surface area contributed by atoms with Crippen molar-refractivity contribution in [2.45, 2.75) is 104 Å². The van der Waals surface area contributed by atoms with E-state index in [4.69, 9.17) is 4.74 Å². The number of hydrazine groups is 1. The monoisotopic (exact) mass is 436 g/mol. The van der Waals surface area contributed by atoms with Gasteiger partial charge in [0, 0.05) is 49.1 Å². The van der Waals surface area contributed by atoms with Crippen LogP contribution in [0.4, 0.5) is 0 Å². The molecule has 0 saturated heterocycles. The number of hydrogen-bond acceptors (Lipinski definition) is 5. The van der Waals surface area contributed by atoms with Crippen molar-refractivity contribution in [3.8, 4) is 0 Å². The Labute approximate surface area is 207 Å². The second-order valence-corrected chi connectivity index (χ2v) is 7.76. The molecule has 0 fully saturated rings. The van der Waals surface area contributed by atoms with Gasteiger partial charge in [-0.3, -0.25) is 15.0 Å². The van der Waals surface area contributed by atoms with Crippen LogP contribution in [0.15, 0.2) is 0 Å². The van der Waals surface area contributed by atoms with E-state index in [0.29, 0.717) is 6.61 Å². The molecule has 1 radical (unpaired) electrons. The summed E-state index contributed by atoms with van der Waals surface area (Å²) in [5.41, 5.74) is 5.62. The normalized spacial score (nSPS) is 10.7. The Hall–Kier alpha value is -0.140. The average molecular weight is 437 g/mol. The molecule has 6 nitrogen and oxygen atoms in total. The van der Waals surface area contributed by atoms with Gasteiger partial charge in [0.2, 0.25) is 5.91 Å². The van der Waals surface area contributed by atoms with Crippen LogP contribution in [0.5, 0.6) is 0 Å². The standard InChI is InChI=1S/C23H47N3O3.Na/c1-4-7-8-9-10-11-12-13-14-15-19-24-25-22(27)17-18-23(28)29-21-16-20-26(5-2)6-3;/h24H,4-21H2,1-3H3,(H,25,27);. The number of carbonyl (C=O) groups is 2. The molecule has 0 rings (SSSR count). The van der Waals surface area contributed by atoms with Crippen LogP contribution < -0.4 is 10.9 Å². The van der Waals surface area contributed by atoms with Crippen LogP contribution in [0.3, 0.4) is 0 Å². The number of esters is 1. The Kier molecular flexibility index (Phi) is 26.8. The number of amides is 1. The van der Waals surface area contributed by atoms with Gasteiger partial charge in [-0.1, -0.05) is 78.6 Å². The summed E-state index contributed by atoms with van der Waals surface area (Å²) in [5, 5.41) is 0. The maximum absolute atomic E-state index is 11.7. The van der Waals surface area contributed by atoms with Crippen LogP contribution in [0.2, 0.25) is 0 Å². The SMILES string of the molecule is CCCCCCCCCCCCNNC(=O)CCC(=O)OCCCN(CC)CC.[Na]. The summed E-state index contributed by atoms with van der Waals surface area (Å²) < 4.78 is 5.18. The maximum Gasteiger partial charge on any atom is 0.306 e. The third kappa shape index (κ3) is 22.5. The molecule has 2 N–H and O–H groups in total. The van der Waals surface area contributed by atoms with Gasteiger partial charge < -0.3 is 9.64 Å². The average Bonchev–Trinajstić information content (AvgIpc) is 2.73. The number of carbonyl (C=O) groups excluding carboxylic acids is 2. The third-order valence-corrected chi connectivity index (χ3v) is 5.22. The van der Waals surface area contributed by atoms with Crippen LogP contribution in [0.1, 0.15) is 104 Å². The van der Waals surface area contributed by atoms with E-state index in [9.17, 15) is 9.59 Å². The fourth-order valence-electron chi connectivity index (χ4n) is 3.23. The van der Waals surface area contributed by atoms with Gasteiger partial charge in [-0.15, -0.1) is 0 Å². The minimum absolute atomic E-state index is 0. The zero-order chi connectivity index (χ0) is 21.6. The minimum atomic E-state index is -0.297. The second-order valence-electron chi connectivity index (χ2n) is 7.76. The van der Waals surface area contributed by atoms with Gasteiger partial charge in [0.05, 0.1) is 13.0 Å². The van der Waals surface area contributed by atoms with Crippen LogP contribution >= 0.6 is 0 Å². The number of nitrogens with zero attached hydrogens (tertiary/aromatic N) is 1. The van der Waals surface area contributed by atoms with Crippen molar-refractivity contribution >= 4 is 41.4 Å². The van der Waals surface area contributed by atoms with E-state index in [0.717, 1.165) is 39.0 Å². The summed E-state index contributed by atoms with van der Waals surface area (Å²) in [5.74, 6) is -0.452. The molecule has 0 saturated carbocycles. The number of rotatable bonds is 21. The quantitative estimate of drug-likeness (QED) is 0.122. The van der Waals surface area contributed by atoms with Crippen LogP contribution in [0.25, 0.3) is 0 Å². The van der Waals surface area contributed by atoms with E-state index in [1.165, 1.54) is 57.8 Å². The first kappa shape index (κ1) is 32.0. The topological polar surface area (TPSA) is 70.7 Å². The first-order valence-electron chi connectivity index (χ1n) is 12.0. The molecule has 0 atom stereocenters. The number of hydrogen-bond donors (Lipinski definition) is 2. The van der Waals surface area contributed by atoms with Gasteiger partial charge in [0.15, 0.2) is 0 Å². The second kappa shape index (κ2) is 25.1. The van der Waals surface area contributed by atoms with Gasteiger partial charge in [-0.2, -0.15) is 0 Å². The number of unbranched alkanes of at least 4 members (excludes halogenated alkanes) is 9. The smallest absolute Gasteiger partial charge is 0.306 e. The molecule has 0 aromatic rings. The summed E-state index contributed by atoms with van der Waals surface area (Å²) >= 11 is 0. The Balaban J connectivity index is 0. The van der Waals surface area contributed by atoms with Gasteiger partial charge in [0.1, 0.15) is 0 Å². The summed E-state index contributed by atoms with van der Waals surface area (Å²) in [6.45, 7) is 10.7. The molecule has 0 aliphatic heterocycles. The predicted octanol–water partition coefficient (Wildman–Crippen LogP) is 4.20. The van der Waals surface area contributed by atoms with Crippen molar-refractivity contribution in [2.24, 2.45) is 0 Å². The first-order chi connectivity index (χ1) is 14.1. The number of ether oxygens (including phenoxy) is 1. The van der Waals surface area contributed by atoms with E-state index >= 15 is 0 Å². The van der Waals surface area contributed by atoms with Gasteiger partial charge >= 0.3 is 5.97 Å². The van der Waals surface area contributed by atoms with Gasteiger partial charge in [-0.05, 0) is 25.9 Å². The fourth-order valence-corrected chi connectivity index (χ4v) is 3.23. The Morgan fingerprint density at radius 3 is 1.90 bits per heavy atom. The van der Waals surface area contributed by atoms with Gasteiger partial charge in [0.25, 0.3) is 0 Å². The zero-order valence-corrected chi connectivity index (χ0v) is 22.4. The summed E-state index contributed by atoms with van der Waals surface area (Å²) in [4.78, 5) is 25.7. The van der Waals surface area contributed by atoms with Crippen molar-refractivity contribution in [1.82, 2.24) is 15.8 Å². The van der Waals surface area contributed by atoms with Crippen LogP contribution in [-0.4, -0.2) is 79.1 Å². The van der Waals surface area contributed by atoms with Gasteiger partial charge in [-0.25, -0.2) is 5.43 Å². The molecular weight excluding hydrogens is 389 g/mol. The summed E-state index contributed by atoms with van der Waals surface area (Å²) in [6.07, 6.45) is 14.1. The minimum Gasteiger partial charge on any atom is -0.466 e. The molecule has 0 aliphatic rings. The van der Waals surface area contributed by atoms with E-state index in [1.54, 1.807) is 0 Å². The fraction of sp³-hybridized carbons (Fsp3) is 0.913. The van der Waals surface area contributed by atoms with E-state index in [2.05, 4.69) is 36.5 Å². The van der Waals surface area contributed by atoms with Crippen molar-refractivity contribution < 1.29 is 14.3 Å². The van der Waals surface area contributed by atoms with Crippen molar-refractivity contribution in [2.75, 3.05) is 32.8 Å². The van der Waals surface area contributed by atoms with Crippen molar-refractivity contribution in [1.29, 1.82) is 0 Å². The Morgan fingerprint density at radius 1 is 0.767 bits per heavy atom. The molecule has 173 valence electrons. The molecule has 0 heterocycles. The summed E-state index contributed by atoms with van der Waals surface area (Å²) in [7, 11) is 0. The van der Waals surface area contributed by atoms with Crippen molar-refractivity contribution in [3.63, 3.8) is 0 Å². The Bertz CT molecular complexity index is 394. The molecule has 0 spiro atoms. The molecule has 1 amide bonds. The molecule has 7 heteroatoms. The predicted molar refractivity (Wildman–Crippen MR) is 126 cm³/mol. The molecule has 0 aromatic carbocycles. The van der Waals surface area contributed by atoms with E-state index < -0.39 is 0 Å². The third-order valence-electron chi connectivity index (χ3n) is 5.22. The zero-order valence-electron chi connectivity index (χ0n) is 20.4. The number of nitrogens with one attached hydrogen (secondary N) is 2. The molecule has 0 aliphatic carbocycles. The largest absolute Gasteiger partial charge is 0.466 e. The maximum atomic E-state index is 11.7.